The summed E-state index contributed by atoms with van der Waals surface area (Å²) in [6, 6.07) is 14.0. The van der Waals surface area contributed by atoms with E-state index in [1.807, 2.05) is 95.3 Å². The molecule has 4 rings (SSSR count). The van der Waals surface area contributed by atoms with Crippen LogP contribution in [-0.2, 0) is 25.4 Å². The standard InChI is InChI=1S/C30H34O5/c1-19-16-20(2)27-24(17-19)12-9-13-26-28(35-30(4,5)34-26)25(31)15-14-23(21(3)33-29(27)32)18-22-10-7-6-8-11-22/h6-12,14-17,21,23,26,28H,13,18H2,1-5H3/b12-9+,15-14-/t21-,23-,26-,28+/m0/s1. The summed E-state index contributed by atoms with van der Waals surface area (Å²) < 4.78 is 18.0. The third-order valence-electron chi connectivity index (χ3n) is 6.56. The smallest absolute Gasteiger partial charge is 0.339 e. The van der Waals surface area contributed by atoms with Crippen molar-refractivity contribution in [3.05, 3.63) is 88.5 Å². The molecule has 2 heterocycles. The third kappa shape index (κ3) is 5.98. The molecule has 5 heteroatoms. The number of hydrogen-bond acceptors (Lipinski definition) is 5. The average Bonchev–Trinajstić information content (AvgIpc) is 3.10. The zero-order valence-corrected chi connectivity index (χ0v) is 21.1. The summed E-state index contributed by atoms with van der Waals surface area (Å²) in [6.45, 7) is 9.47. The van der Waals surface area contributed by atoms with Crippen molar-refractivity contribution < 1.29 is 23.8 Å². The Morgan fingerprint density at radius 3 is 2.49 bits per heavy atom. The number of hydrogen-bond donors (Lipinski definition) is 0. The van der Waals surface area contributed by atoms with Crippen molar-refractivity contribution in [2.75, 3.05) is 0 Å². The van der Waals surface area contributed by atoms with E-state index in [1.54, 1.807) is 6.08 Å². The van der Waals surface area contributed by atoms with Gasteiger partial charge < -0.3 is 14.2 Å². The van der Waals surface area contributed by atoms with Gasteiger partial charge in [0.05, 0.1) is 11.7 Å². The number of fused-ring (bicyclic) bond motifs is 2. The van der Waals surface area contributed by atoms with Gasteiger partial charge in [0.1, 0.15) is 12.2 Å². The molecule has 0 spiro atoms. The Labute approximate surface area is 207 Å². The number of benzene rings is 2. The van der Waals surface area contributed by atoms with Crippen LogP contribution in [0.1, 0.15) is 59.8 Å². The number of ether oxygens (including phenoxy) is 3. The summed E-state index contributed by atoms with van der Waals surface area (Å²) in [6.07, 6.45) is 6.85. The lowest BCUT2D eigenvalue weighted by molar-refractivity contribution is -0.152. The van der Waals surface area contributed by atoms with Crippen LogP contribution in [0.5, 0.6) is 0 Å². The molecule has 0 bridgehead atoms. The largest absolute Gasteiger partial charge is 0.458 e. The Balaban J connectivity index is 1.75. The molecule has 0 radical (unpaired) electrons. The molecular weight excluding hydrogens is 440 g/mol. The van der Waals surface area contributed by atoms with Crippen molar-refractivity contribution in [3.63, 3.8) is 0 Å². The molecule has 0 aromatic heterocycles. The van der Waals surface area contributed by atoms with Gasteiger partial charge in [-0.15, -0.1) is 0 Å². The van der Waals surface area contributed by atoms with E-state index >= 15 is 0 Å². The van der Waals surface area contributed by atoms with E-state index in [2.05, 4.69) is 0 Å². The fourth-order valence-electron chi connectivity index (χ4n) is 4.89. The van der Waals surface area contributed by atoms with Gasteiger partial charge in [0.25, 0.3) is 0 Å². The molecule has 0 saturated carbocycles. The molecule has 1 saturated heterocycles. The van der Waals surface area contributed by atoms with Gasteiger partial charge in [-0.1, -0.05) is 66.3 Å². The predicted octanol–water partition coefficient (Wildman–Crippen LogP) is 5.77. The minimum absolute atomic E-state index is 0.144. The van der Waals surface area contributed by atoms with Crippen molar-refractivity contribution in [1.29, 1.82) is 0 Å². The number of carbonyl (C=O) groups is 2. The molecule has 184 valence electrons. The maximum atomic E-state index is 13.4. The highest BCUT2D eigenvalue weighted by atomic mass is 16.8. The Morgan fingerprint density at radius 2 is 1.74 bits per heavy atom. The van der Waals surface area contributed by atoms with Gasteiger partial charge in [-0.25, -0.2) is 4.79 Å². The van der Waals surface area contributed by atoms with Gasteiger partial charge in [0.2, 0.25) is 0 Å². The molecule has 0 unspecified atom stereocenters. The highest BCUT2D eigenvalue weighted by Gasteiger charge is 2.43. The topological polar surface area (TPSA) is 61.8 Å². The van der Waals surface area contributed by atoms with E-state index in [9.17, 15) is 9.59 Å². The van der Waals surface area contributed by atoms with Crippen LogP contribution in [0.4, 0.5) is 0 Å². The first-order valence-electron chi connectivity index (χ1n) is 12.2. The molecule has 2 aliphatic rings. The van der Waals surface area contributed by atoms with Crippen LogP contribution in [0.3, 0.4) is 0 Å². The van der Waals surface area contributed by atoms with E-state index in [0.29, 0.717) is 18.4 Å². The molecule has 5 nitrogen and oxygen atoms in total. The molecular formula is C30H34O5. The highest BCUT2D eigenvalue weighted by Crippen LogP contribution is 2.32. The van der Waals surface area contributed by atoms with Gasteiger partial charge in [-0.05, 0) is 70.2 Å². The lowest BCUT2D eigenvalue weighted by Crippen LogP contribution is -2.31. The zero-order chi connectivity index (χ0) is 25.2. The summed E-state index contributed by atoms with van der Waals surface area (Å²) >= 11 is 0. The number of ketones is 1. The summed E-state index contributed by atoms with van der Waals surface area (Å²) in [7, 11) is 0. The Morgan fingerprint density at radius 1 is 1.00 bits per heavy atom. The van der Waals surface area contributed by atoms with Gasteiger partial charge in [0.15, 0.2) is 11.6 Å². The highest BCUT2D eigenvalue weighted by molar-refractivity contribution is 5.96. The molecule has 2 aliphatic heterocycles. The molecule has 0 amide bonds. The van der Waals surface area contributed by atoms with Crippen molar-refractivity contribution in [1.82, 2.24) is 0 Å². The predicted molar refractivity (Wildman–Crippen MR) is 136 cm³/mol. The third-order valence-corrected chi connectivity index (χ3v) is 6.56. The number of cyclic esters (lactones) is 1. The normalized spacial score (nSPS) is 28.4. The lowest BCUT2D eigenvalue weighted by Gasteiger charge is -2.23. The van der Waals surface area contributed by atoms with Crippen LogP contribution in [0, 0.1) is 19.8 Å². The van der Waals surface area contributed by atoms with Crippen LogP contribution < -0.4 is 0 Å². The quantitative estimate of drug-likeness (QED) is 0.517. The van der Waals surface area contributed by atoms with Crippen molar-refractivity contribution >= 4 is 17.8 Å². The first kappa shape index (κ1) is 25.1. The molecule has 1 fully saturated rings. The number of carbonyl (C=O) groups excluding carboxylic acids is 2. The van der Waals surface area contributed by atoms with Crippen LogP contribution in [0.25, 0.3) is 6.08 Å². The Bertz CT molecular complexity index is 1140. The fourth-order valence-corrected chi connectivity index (χ4v) is 4.89. The lowest BCUT2D eigenvalue weighted by atomic mass is 9.92. The molecule has 35 heavy (non-hydrogen) atoms. The van der Waals surface area contributed by atoms with Crippen LogP contribution in [0.2, 0.25) is 0 Å². The average molecular weight is 475 g/mol. The Kier molecular flexibility index (Phi) is 7.39. The zero-order valence-electron chi connectivity index (χ0n) is 21.1. The summed E-state index contributed by atoms with van der Waals surface area (Å²) in [4.78, 5) is 26.5. The summed E-state index contributed by atoms with van der Waals surface area (Å²) in [5, 5.41) is 0. The van der Waals surface area contributed by atoms with Gasteiger partial charge in [0, 0.05) is 5.92 Å². The van der Waals surface area contributed by atoms with Gasteiger partial charge in [-0.3, -0.25) is 4.79 Å². The molecule has 0 aliphatic carbocycles. The van der Waals surface area contributed by atoms with E-state index < -0.39 is 24.1 Å². The molecule has 2 aromatic rings. The van der Waals surface area contributed by atoms with Crippen LogP contribution >= 0.6 is 0 Å². The first-order valence-corrected chi connectivity index (χ1v) is 12.2. The molecule has 0 N–H and O–H groups in total. The van der Waals surface area contributed by atoms with Gasteiger partial charge >= 0.3 is 5.97 Å². The van der Waals surface area contributed by atoms with Crippen molar-refractivity contribution in [3.8, 4) is 0 Å². The van der Waals surface area contributed by atoms with Crippen LogP contribution in [-0.4, -0.2) is 35.9 Å². The van der Waals surface area contributed by atoms with E-state index in [1.165, 1.54) is 0 Å². The SMILES string of the molecule is Cc1cc(C)c2c(c1)/C=C/C[C@@H]1OC(C)(C)O[C@@H]1C(=O)/C=C\[C@@H](Cc1ccccc1)[C@H](C)OC2=O. The van der Waals surface area contributed by atoms with Crippen molar-refractivity contribution in [2.45, 2.75) is 71.6 Å². The fraction of sp³-hybridized carbons (Fsp3) is 0.400. The number of esters is 1. The monoisotopic (exact) mass is 474 g/mol. The summed E-state index contributed by atoms with van der Waals surface area (Å²) in [5.41, 5.74) is 4.40. The first-order chi connectivity index (χ1) is 16.6. The Hall–Kier alpha value is -3.02. The van der Waals surface area contributed by atoms with Gasteiger partial charge in [-0.2, -0.15) is 0 Å². The van der Waals surface area contributed by atoms with E-state index in [4.69, 9.17) is 14.2 Å². The maximum Gasteiger partial charge on any atom is 0.339 e. The second-order valence-corrected chi connectivity index (χ2v) is 10.0. The maximum absolute atomic E-state index is 13.4. The van der Waals surface area contributed by atoms with E-state index in [-0.39, 0.29) is 17.7 Å². The minimum Gasteiger partial charge on any atom is -0.458 e. The molecule has 4 atom stereocenters. The second kappa shape index (κ2) is 10.3. The summed E-state index contributed by atoms with van der Waals surface area (Å²) in [5.74, 6) is -1.54. The number of aryl methyl sites for hydroxylation is 2. The minimum atomic E-state index is -0.846. The number of rotatable bonds is 2. The second-order valence-electron chi connectivity index (χ2n) is 10.0. The van der Waals surface area contributed by atoms with Crippen LogP contribution in [0.15, 0.2) is 60.7 Å². The van der Waals surface area contributed by atoms with Crippen molar-refractivity contribution in [2.24, 2.45) is 5.92 Å². The molecule has 2 aromatic carbocycles. The van der Waals surface area contributed by atoms with E-state index in [0.717, 1.165) is 22.3 Å².